The summed E-state index contributed by atoms with van der Waals surface area (Å²) in [4.78, 5) is -0.410. The Labute approximate surface area is 128 Å². The molecule has 0 aliphatic heterocycles. The summed E-state index contributed by atoms with van der Waals surface area (Å²) in [6.45, 7) is 0. The Morgan fingerprint density at radius 1 is 1.14 bits per heavy atom. The minimum Gasteiger partial charge on any atom is -0.495 e. The van der Waals surface area contributed by atoms with Gasteiger partial charge in [0.1, 0.15) is 22.3 Å². The van der Waals surface area contributed by atoms with Crippen molar-refractivity contribution in [2.75, 3.05) is 11.8 Å². The lowest BCUT2D eigenvalue weighted by molar-refractivity contribution is 0.401. The fourth-order valence-corrected chi connectivity index (χ4v) is 3.21. The molecule has 2 aromatic carbocycles. The Balaban J connectivity index is 2.45. The summed E-state index contributed by atoms with van der Waals surface area (Å²) < 4.78 is 58.8. The van der Waals surface area contributed by atoms with Crippen molar-refractivity contribution in [2.45, 2.75) is 4.90 Å². The van der Waals surface area contributed by atoms with Crippen molar-refractivity contribution in [3.63, 3.8) is 0 Å². The molecule has 2 aromatic rings. The Bertz CT molecular complexity index is 781. The molecule has 0 unspecified atom stereocenters. The number of anilines is 1. The third-order valence-corrected chi connectivity index (χ3v) is 4.47. The van der Waals surface area contributed by atoms with Crippen LogP contribution in [-0.4, -0.2) is 15.5 Å². The lowest BCUT2D eigenvalue weighted by atomic mass is 10.3. The van der Waals surface area contributed by atoms with E-state index in [0.29, 0.717) is 4.47 Å². The van der Waals surface area contributed by atoms with Crippen LogP contribution in [0, 0.1) is 11.6 Å². The second-order valence-electron chi connectivity index (χ2n) is 4.02. The van der Waals surface area contributed by atoms with Crippen molar-refractivity contribution in [1.29, 1.82) is 0 Å². The van der Waals surface area contributed by atoms with Crippen LogP contribution >= 0.6 is 15.9 Å². The first-order chi connectivity index (χ1) is 9.83. The molecule has 0 aliphatic rings. The van der Waals surface area contributed by atoms with Crippen molar-refractivity contribution in [3.05, 3.63) is 52.5 Å². The zero-order chi connectivity index (χ0) is 15.6. The number of ether oxygens (including phenoxy) is 1. The molecule has 0 saturated carbocycles. The van der Waals surface area contributed by atoms with Gasteiger partial charge in [-0.15, -0.1) is 0 Å². The molecular formula is C13H10BrF2NO3S. The first-order valence-electron chi connectivity index (χ1n) is 5.65. The van der Waals surface area contributed by atoms with Crippen LogP contribution in [0.15, 0.2) is 45.8 Å². The van der Waals surface area contributed by atoms with Gasteiger partial charge in [0, 0.05) is 4.47 Å². The van der Waals surface area contributed by atoms with Gasteiger partial charge in [-0.3, -0.25) is 4.72 Å². The first-order valence-corrected chi connectivity index (χ1v) is 7.92. The summed E-state index contributed by atoms with van der Waals surface area (Å²) in [6.07, 6.45) is 0. The third-order valence-electron chi connectivity index (χ3n) is 2.59. The fourth-order valence-electron chi connectivity index (χ4n) is 1.63. The molecule has 0 saturated heterocycles. The molecular weight excluding hydrogens is 368 g/mol. The van der Waals surface area contributed by atoms with Gasteiger partial charge >= 0.3 is 0 Å². The Morgan fingerprint density at radius 3 is 2.48 bits per heavy atom. The highest BCUT2D eigenvalue weighted by Crippen LogP contribution is 2.28. The summed E-state index contributed by atoms with van der Waals surface area (Å²) in [5.74, 6) is -1.54. The average Bonchev–Trinajstić information content (AvgIpc) is 2.42. The van der Waals surface area contributed by atoms with Crippen LogP contribution in [0.3, 0.4) is 0 Å². The zero-order valence-electron chi connectivity index (χ0n) is 10.7. The van der Waals surface area contributed by atoms with Crippen molar-refractivity contribution in [2.24, 2.45) is 0 Å². The SMILES string of the molecule is COc1ccc(F)cc1S(=O)(=O)Nc1ccc(Br)cc1F. The van der Waals surface area contributed by atoms with Crippen LogP contribution in [0.2, 0.25) is 0 Å². The van der Waals surface area contributed by atoms with Gasteiger partial charge < -0.3 is 4.74 Å². The Morgan fingerprint density at radius 2 is 1.86 bits per heavy atom. The molecule has 0 amide bonds. The van der Waals surface area contributed by atoms with Gasteiger partial charge in [0.05, 0.1) is 12.8 Å². The predicted octanol–water partition coefficient (Wildman–Crippen LogP) is 3.54. The van der Waals surface area contributed by atoms with E-state index in [1.165, 1.54) is 25.3 Å². The van der Waals surface area contributed by atoms with Crippen LogP contribution < -0.4 is 9.46 Å². The van der Waals surface area contributed by atoms with Crippen molar-refractivity contribution in [3.8, 4) is 5.75 Å². The van der Waals surface area contributed by atoms with E-state index in [2.05, 4.69) is 20.7 Å². The number of nitrogens with one attached hydrogen (secondary N) is 1. The molecule has 112 valence electrons. The summed E-state index contributed by atoms with van der Waals surface area (Å²) in [7, 11) is -2.93. The standard InChI is InChI=1S/C13H10BrF2NO3S/c1-20-12-5-3-9(15)7-13(12)21(18,19)17-11-4-2-8(14)6-10(11)16/h2-7,17H,1H3. The molecule has 0 aromatic heterocycles. The highest BCUT2D eigenvalue weighted by molar-refractivity contribution is 9.10. The fraction of sp³-hybridized carbons (Fsp3) is 0.0769. The van der Waals surface area contributed by atoms with Crippen LogP contribution in [0.5, 0.6) is 5.75 Å². The predicted molar refractivity (Wildman–Crippen MR) is 77.9 cm³/mol. The maximum Gasteiger partial charge on any atom is 0.265 e. The van der Waals surface area contributed by atoms with Crippen LogP contribution in [-0.2, 0) is 10.0 Å². The highest BCUT2D eigenvalue weighted by atomic mass is 79.9. The summed E-state index contributed by atoms with van der Waals surface area (Å²) >= 11 is 3.07. The summed E-state index contributed by atoms with van der Waals surface area (Å²) in [6, 6.07) is 6.89. The maximum absolute atomic E-state index is 13.7. The van der Waals surface area contributed by atoms with E-state index in [0.717, 1.165) is 18.2 Å². The first kappa shape index (κ1) is 15.7. The molecule has 4 nitrogen and oxygen atoms in total. The van der Waals surface area contributed by atoms with Crippen LogP contribution in [0.4, 0.5) is 14.5 Å². The van der Waals surface area contributed by atoms with E-state index in [9.17, 15) is 17.2 Å². The van der Waals surface area contributed by atoms with Gasteiger partial charge in [-0.05, 0) is 36.4 Å². The van der Waals surface area contributed by atoms with E-state index in [-0.39, 0.29) is 11.4 Å². The highest BCUT2D eigenvalue weighted by Gasteiger charge is 2.21. The molecule has 0 fully saturated rings. The van der Waals surface area contributed by atoms with Crippen LogP contribution in [0.1, 0.15) is 0 Å². The Hall–Kier alpha value is -1.67. The quantitative estimate of drug-likeness (QED) is 0.886. The number of methoxy groups -OCH3 is 1. The molecule has 0 spiro atoms. The second-order valence-corrected chi connectivity index (χ2v) is 6.59. The van der Waals surface area contributed by atoms with Gasteiger partial charge in [-0.2, -0.15) is 0 Å². The number of benzene rings is 2. The molecule has 21 heavy (non-hydrogen) atoms. The normalized spacial score (nSPS) is 11.2. The lowest BCUT2D eigenvalue weighted by Gasteiger charge is -2.12. The van der Waals surface area contributed by atoms with Crippen molar-refractivity contribution < 1.29 is 21.9 Å². The monoisotopic (exact) mass is 377 g/mol. The van der Waals surface area contributed by atoms with Gasteiger partial charge in [-0.25, -0.2) is 17.2 Å². The number of hydrogen-bond acceptors (Lipinski definition) is 3. The minimum atomic E-state index is -4.18. The largest absolute Gasteiger partial charge is 0.495 e. The molecule has 1 N–H and O–H groups in total. The lowest BCUT2D eigenvalue weighted by Crippen LogP contribution is -2.15. The maximum atomic E-state index is 13.7. The molecule has 0 aliphatic carbocycles. The second kappa shape index (κ2) is 5.98. The molecule has 0 heterocycles. The average molecular weight is 378 g/mol. The molecule has 0 atom stereocenters. The van der Waals surface area contributed by atoms with Crippen molar-refractivity contribution >= 4 is 31.6 Å². The summed E-state index contributed by atoms with van der Waals surface area (Å²) in [5.41, 5.74) is -0.246. The number of rotatable bonds is 4. The smallest absolute Gasteiger partial charge is 0.265 e. The molecule has 2 rings (SSSR count). The molecule has 0 radical (unpaired) electrons. The van der Waals surface area contributed by atoms with E-state index >= 15 is 0 Å². The number of halogens is 3. The zero-order valence-corrected chi connectivity index (χ0v) is 13.1. The van der Waals surface area contributed by atoms with Gasteiger partial charge in [0.25, 0.3) is 10.0 Å². The number of sulfonamides is 1. The molecule has 8 heteroatoms. The summed E-state index contributed by atoms with van der Waals surface area (Å²) in [5, 5.41) is 0. The van der Waals surface area contributed by atoms with Crippen LogP contribution in [0.25, 0.3) is 0 Å². The minimum absolute atomic E-state index is 0.0404. The van der Waals surface area contributed by atoms with E-state index in [1.807, 2.05) is 0 Å². The van der Waals surface area contributed by atoms with Gasteiger partial charge in [0.2, 0.25) is 0 Å². The van der Waals surface area contributed by atoms with Crippen molar-refractivity contribution in [1.82, 2.24) is 0 Å². The van der Waals surface area contributed by atoms with Gasteiger partial charge in [0.15, 0.2) is 0 Å². The number of hydrogen-bond donors (Lipinski definition) is 1. The topological polar surface area (TPSA) is 55.4 Å². The van der Waals surface area contributed by atoms with E-state index in [4.69, 9.17) is 4.74 Å². The molecule has 0 bridgehead atoms. The van der Waals surface area contributed by atoms with E-state index in [1.54, 1.807) is 0 Å². The third kappa shape index (κ3) is 3.51. The van der Waals surface area contributed by atoms with Gasteiger partial charge in [-0.1, -0.05) is 15.9 Å². The Kier molecular flexibility index (Phi) is 4.48. The van der Waals surface area contributed by atoms with E-state index < -0.39 is 26.6 Å².